The summed E-state index contributed by atoms with van der Waals surface area (Å²) in [5, 5.41) is 0. The number of benzene rings is 1. The van der Waals surface area contributed by atoms with Gasteiger partial charge in [-0.3, -0.25) is 4.57 Å². The second-order valence-electron chi connectivity index (χ2n) is 5.22. The van der Waals surface area contributed by atoms with E-state index < -0.39 is 29.1 Å². The maximum Gasteiger partial charge on any atom is 0.352 e. The zero-order valence-corrected chi connectivity index (χ0v) is 14.2. The quantitative estimate of drug-likeness (QED) is 0.818. The highest BCUT2D eigenvalue weighted by Crippen LogP contribution is 2.58. The van der Waals surface area contributed by atoms with E-state index in [0.29, 0.717) is 5.56 Å². The van der Waals surface area contributed by atoms with E-state index in [9.17, 15) is 8.77 Å². The molecule has 0 spiro atoms. The minimum Gasteiger partial charge on any atom is -0.311 e. The Kier molecular flexibility index (Phi) is 6.10. The second-order valence-corrected chi connectivity index (χ2v) is 9.54. The Morgan fingerprint density at radius 3 is 2.05 bits per heavy atom. The molecule has 0 aliphatic rings. The van der Waals surface area contributed by atoms with Crippen LogP contribution in [-0.4, -0.2) is 23.2 Å². The third kappa shape index (κ3) is 4.24. The average Bonchev–Trinajstić information content (AvgIpc) is 2.43. The molecule has 114 valence electrons. The van der Waals surface area contributed by atoms with Crippen LogP contribution in [0.25, 0.3) is 0 Å². The van der Waals surface area contributed by atoms with Crippen molar-refractivity contribution in [1.82, 2.24) is 4.72 Å². The molecule has 0 heterocycles. The van der Waals surface area contributed by atoms with E-state index in [-0.39, 0.29) is 0 Å². The highest BCUT2D eigenvalue weighted by Gasteiger charge is 2.38. The Balaban J connectivity index is 3.16. The minimum atomic E-state index is -3.44. The Labute approximate surface area is 123 Å². The second kappa shape index (κ2) is 6.96. The fourth-order valence-corrected chi connectivity index (χ4v) is 4.12. The SMILES string of the molecule is COP(=O)(OC)[C@@H](N[S@@](=O)C(C)(C)C)c1ccccc1. The van der Waals surface area contributed by atoms with E-state index in [4.69, 9.17) is 9.05 Å². The summed E-state index contributed by atoms with van der Waals surface area (Å²) in [5.41, 5.74) is 0.706. The summed E-state index contributed by atoms with van der Waals surface area (Å²) in [6.45, 7) is 5.51. The first-order chi connectivity index (χ1) is 9.24. The van der Waals surface area contributed by atoms with E-state index in [1.807, 2.05) is 39.0 Å². The monoisotopic (exact) mass is 319 g/mol. The Morgan fingerprint density at radius 1 is 1.15 bits per heavy atom. The molecule has 0 saturated carbocycles. The predicted octanol–water partition coefficient (Wildman–Crippen LogP) is 3.22. The van der Waals surface area contributed by atoms with E-state index in [1.54, 1.807) is 12.1 Å². The molecule has 1 aromatic carbocycles. The first-order valence-electron chi connectivity index (χ1n) is 6.19. The van der Waals surface area contributed by atoms with Crippen molar-refractivity contribution in [2.45, 2.75) is 31.3 Å². The standard InChI is InChI=1S/C13H22NO4PS/c1-13(2,3)20(16)14-12(19(15,17-4)18-5)11-9-7-6-8-10-11/h6-10,12,14H,1-5H3/t12-,20+/m1/s1. The lowest BCUT2D eigenvalue weighted by atomic mass is 10.2. The molecular weight excluding hydrogens is 297 g/mol. The summed E-state index contributed by atoms with van der Waals surface area (Å²) in [5.74, 6) is -0.779. The van der Waals surface area contributed by atoms with Gasteiger partial charge in [-0.2, -0.15) is 0 Å². The lowest BCUT2D eigenvalue weighted by Crippen LogP contribution is -2.36. The number of rotatable bonds is 6. The molecular formula is C13H22NO4PS. The molecule has 1 N–H and O–H groups in total. The summed E-state index contributed by atoms with van der Waals surface area (Å²) < 4.78 is 37.5. The largest absolute Gasteiger partial charge is 0.352 e. The van der Waals surface area contributed by atoms with Crippen LogP contribution in [0.2, 0.25) is 0 Å². The van der Waals surface area contributed by atoms with E-state index in [0.717, 1.165) is 0 Å². The minimum absolute atomic E-state index is 0.487. The molecule has 0 bridgehead atoms. The van der Waals surface area contributed by atoms with Crippen LogP contribution in [0.5, 0.6) is 0 Å². The molecule has 5 nitrogen and oxygen atoms in total. The molecule has 0 saturated heterocycles. The summed E-state index contributed by atoms with van der Waals surface area (Å²) in [7, 11) is -2.20. The van der Waals surface area contributed by atoms with Crippen LogP contribution in [0.3, 0.4) is 0 Å². The fourth-order valence-electron chi connectivity index (χ4n) is 1.51. The summed E-state index contributed by atoms with van der Waals surface area (Å²) in [4.78, 5) is 0. The number of hydrogen-bond donors (Lipinski definition) is 1. The topological polar surface area (TPSA) is 64.6 Å². The molecule has 0 aromatic heterocycles. The van der Waals surface area contributed by atoms with Crippen molar-refractivity contribution in [2.24, 2.45) is 0 Å². The molecule has 0 fully saturated rings. The van der Waals surface area contributed by atoms with Crippen molar-refractivity contribution in [3.63, 3.8) is 0 Å². The summed E-state index contributed by atoms with van der Waals surface area (Å²) in [6.07, 6.45) is 0. The first kappa shape index (κ1) is 17.5. The highest BCUT2D eigenvalue weighted by atomic mass is 32.2. The van der Waals surface area contributed by atoms with Crippen LogP contribution in [0.4, 0.5) is 0 Å². The molecule has 2 atom stereocenters. The third-order valence-electron chi connectivity index (χ3n) is 2.72. The zero-order chi connectivity index (χ0) is 15.4. The van der Waals surface area contributed by atoms with Crippen LogP contribution < -0.4 is 4.72 Å². The van der Waals surface area contributed by atoms with Gasteiger partial charge in [0.2, 0.25) is 0 Å². The molecule has 0 unspecified atom stereocenters. The Bertz CT molecular complexity index is 493. The van der Waals surface area contributed by atoms with Crippen molar-refractivity contribution in [2.75, 3.05) is 14.2 Å². The van der Waals surface area contributed by atoms with E-state index in [1.165, 1.54) is 14.2 Å². The van der Waals surface area contributed by atoms with Crippen LogP contribution in [-0.2, 0) is 24.6 Å². The lowest BCUT2D eigenvalue weighted by Gasteiger charge is -2.28. The van der Waals surface area contributed by atoms with Crippen LogP contribution in [0.1, 0.15) is 32.1 Å². The Hall–Kier alpha value is -0.520. The maximum absolute atomic E-state index is 12.7. The highest BCUT2D eigenvalue weighted by molar-refractivity contribution is 7.84. The lowest BCUT2D eigenvalue weighted by molar-refractivity contribution is 0.264. The van der Waals surface area contributed by atoms with Gasteiger partial charge < -0.3 is 9.05 Å². The van der Waals surface area contributed by atoms with Crippen molar-refractivity contribution in [3.05, 3.63) is 35.9 Å². The van der Waals surface area contributed by atoms with Gasteiger partial charge in [-0.05, 0) is 26.3 Å². The molecule has 1 rings (SSSR count). The van der Waals surface area contributed by atoms with Gasteiger partial charge in [0, 0.05) is 14.2 Å². The van der Waals surface area contributed by atoms with E-state index >= 15 is 0 Å². The van der Waals surface area contributed by atoms with Crippen LogP contribution in [0.15, 0.2) is 30.3 Å². The van der Waals surface area contributed by atoms with Gasteiger partial charge in [0.15, 0.2) is 0 Å². The molecule has 0 amide bonds. The van der Waals surface area contributed by atoms with Gasteiger partial charge in [0.05, 0.1) is 15.7 Å². The van der Waals surface area contributed by atoms with Gasteiger partial charge in [-0.15, -0.1) is 0 Å². The smallest absolute Gasteiger partial charge is 0.311 e. The molecule has 1 aromatic rings. The molecule has 0 aliphatic heterocycles. The van der Waals surface area contributed by atoms with Crippen molar-refractivity contribution in [3.8, 4) is 0 Å². The normalized spacial score (nSPS) is 15.8. The maximum atomic E-state index is 12.7. The van der Waals surface area contributed by atoms with Gasteiger partial charge in [0.1, 0.15) is 5.78 Å². The molecule has 0 radical (unpaired) electrons. The average molecular weight is 319 g/mol. The van der Waals surface area contributed by atoms with Crippen molar-refractivity contribution >= 4 is 18.6 Å². The van der Waals surface area contributed by atoms with Crippen molar-refractivity contribution < 1.29 is 17.8 Å². The number of hydrogen-bond acceptors (Lipinski definition) is 4. The molecule has 0 aliphatic carbocycles. The van der Waals surface area contributed by atoms with Crippen molar-refractivity contribution in [1.29, 1.82) is 0 Å². The fraction of sp³-hybridized carbons (Fsp3) is 0.538. The van der Waals surface area contributed by atoms with Gasteiger partial charge in [0.25, 0.3) is 0 Å². The van der Waals surface area contributed by atoms with Crippen LogP contribution in [0, 0.1) is 0 Å². The molecule has 7 heteroatoms. The first-order valence-corrected chi connectivity index (χ1v) is 8.95. The third-order valence-corrected chi connectivity index (χ3v) is 6.53. The Morgan fingerprint density at radius 2 is 1.65 bits per heavy atom. The van der Waals surface area contributed by atoms with Gasteiger partial charge in [-0.25, -0.2) is 8.93 Å². The summed E-state index contributed by atoms with van der Waals surface area (Å²) >= 11 is 0. The number of nitrogens with one attached hydrogen (secondary N) is 1. The van der Waals surface area contributed by atoms with E-state index in [2.05, 4.69) is 4.72 Å². The summed E-state index contributed by atoms with van der Waals surface area (Å²) in [6, 6.07) is 9.08. The zero-order valence-electron chi connectivity index (χ0n) is 12.5. The van der Waals surface area contributed by atoms with Gasteiger partial charge >= 0.3 is 7.60 Å². The molecule has 20 heavy (non-hydrogen) atoms. The predicted molar refractivity (Wildman–Crippen MR) is 81.8 cm³/mol. The van der Waals surface area contributed by atoms with Crippen LogP contribution >= 0.6 is 7.60 Å². The van der Waals surface area contributed by atoms with Gasteiger partial charge in [-0.1, -0.05) is 30.3 Å².